The number of phenols is 1. The van der Waals surface area contributed by atoms with E-state index in [1.54, 1.807) is 12.1 Å². The van der Waals surface area contributed by atoms with Gasteiger partial charge in [-0.3, -0.25) is 0 Å². The molecule has 20 heavy (non-hydrogen) atoms. The molecule has 0 amide bonds. The Morgan fingerprint density at radius 1 is 1.20 bits per heavy atom. The Morgan fingerprint density at radius 2 is 2.00 bits per heavy atom. The van der Waals surface area contributed by atoms with E-state index in [0.717, 1.165) is 16.7 Å². The molecule has 3 nitrogen and oxygen atoms in total. The second kappa shape index (κ2) is 5.92. The zero-order valence-corrected chi connectivity index (χ0v) is 12.1. The third-order valence-electron chi connectivity index (χ3n) is 3.84. The Labute approximate surface area is 122 Å². The summed E-state index contributed by atoms with van der Waals surface area (Å²) in [5.41, 5.74) is 1.13. The average molecular weight is 290 g/mol. The predicted molar refractivity (Wildman–Crippen MR) is 82.3 cm³/mol. The van der Waals surface area contributed by atoms with E-state index in [1.165, 1.54) is 38.2 Å². The van der Waals surface area contributed by atoms with Crippen LogP contribution in [0.25, 0.3) is 11.0 Å². The van der Waals surface area contributed by atoms with Crippen molar-refractivity contribution in [3.8, 4) is 5.75 Å². The summed E-state index contributed by atoms with van der Waals surface area (Å²) in [6, 6.07) is 6.54. The third-order valence-corrected chi connectivity index (χ3v) is 5.26. The summed E-state index contributed by atoms with van der Waals surface area (Å²) in [4.78, 5) is 11.6. The van der Waals surface area contributed by atoms with Gasteiger partial charge in [0.2, 0.25) is 0 Å². The number of hydrogen-bond donors (Lipinski definition) is 1. The van der Waals surface area contributed by atoms with Gasteiger partial charge in [-0.1, -0.05) is 19.3 Å². The first-order valence-electron chi connectivity index (χ1n) is 7.10. The molecule has 1 N–H and O–H groups in total. The van der Waals surface area contributed by atoms with Crippen LogP contribution in [0.3, 0.4) is 0 Å². The molecule has 0 aliphatic heterocycles. The van der Waals surface area contributed by atoms with Crippen molar-refractivity contribution in [1.82, 2.24) is 0 Å². The Morgan fingerprint density at radius 3 is 2.80 bits per heavy atom. The molecule has 1 fully saturated rings. The lowest BCUT2D eigenvalue weighted by Gasteiger charge is -2.21. The number of rotatable bonds is 3. The highest BCUT2D eigenvalue weighted by atomic mass is 32.2. The Bertz CT molecular complexity index is 656. The fourth-order valence-electron chi connectivity index (χ4n) is 2.78. The van der Waals surface area contributed by atoms with Gasteiger partial charge in [-0.2, -0.15) is 11.8 Å². The van der Waals surface area contributed by atoms with E-state index in [-0.39, 0.29) is 11.4 Å². The van der Waals surface area contributed by atoms with Gasteiger partial charge in [0, 0.05) is 28.5 Å². The zero-order valence-electron chi connectivity index (χ0n) is 11.3. The molecule has 1 aliphatic rings. The van der Waals surface area contributed by atoms with Crippen molar-refractivity contribution in [2.45, 2.75) is 43.1 Å². The number of hydrogen-bond acceptors (Lipinski definition) is 4. The number of aromatic hydroxyl groups is 1. The van der Waals surface area contributed by atoms with Crippen LogP contribution in [0.5, 0.6) is 5.75 Å². The quantitative estimate of drug-likeness (QED) is 0.866. The smallest absolute Gasteiger partial charge is 0.336 e. The molecule has 2 aromatic rings. The lowest BCUT2D eigenvalue weighted by Crippen LogP contribution is -2.09. The van der Waals surface area contributed by atoms with Crippen LogP contribution in [0.1, 0.15) is 37.7 Å². The molecular weight excluding hydrogens is 272 g/mol. The van der Waals surface area contributed by atoms with Gasteiger partial charge in [0.25, 0.3) is 0 Å². The predicted octanol–water partition coefficient (Wildman–Crippen LogP) is 4.06. The minimum Gasteiger partial charge on any atom is -0.508 e. The Balaban J connectivity index is 1.84. The first kappa shape index (κ1) is 13.6. The summed E-state index contributed by atoms with van der Waals surface area (Å²) in [6.07, 6.45) is 6.57. The maximum atomic E-state index is 11.6. The highest BCUT2D eigenvalue weighted by molar-refractivity contribution is 7.99. The molecule has 1 heterocycles. The molecule has 0 unspecified atom stereocenters. The maximum absolute atomic E-state index is 11.6. The fourth-order valence-corrected chi connectivity index (χ4v) is 4.10. The van der Waals surface area contributed by atoms with E-state index in [4.69, 9.17) is 4.42 Å². The molecule has 0 spiro atoms. The lowest BCUT2D eigenvalue weighted by molar-refractivity contribution is 0.473. The van der Waals surface area contributed by atoms with Crippen molar-refractivity contribution in [1.29, 1.82) is 0 Å². The van der Waals surface area contributed by atoms with Crippen LogP contribution in [0.2, 0.25) is 0 Å². The molecule has 1 aliphatic carbocycles. The number of thioether (sulfide) groups is 1. The summed E-state index contributed by atoms with van der Waals surface area (Å²) in [5.74, 6) is 0.954. The third kappa shape index (κ3) is 3.01. The SMILES string of the molecule is O=c1cc(CSC2CCCCC2)c2ccc(O)cc2o1. The largest absolute Gasteiger partial charge is 0.508 e. The van der Waals surface area contributed by atoms with Gasteiger partial charge in [-0.15, -0.1) is 0 Å². The number of benzene rings is 1. The van der Waals surface area contributed by atoms with E-state index in [1.807, 2.05) is 17.8 Å². The van der Waals surface area contributed by atoms with Gasteiger partial charge < -0.3 is 9.52 Å². The normalized spacial score (nSPS) is 16.6. The van der Waals surface area contributed by atoms with E-state index in [9.17, 15) is 9.90 Å². The van der Waals surface area contributed by atoms with Gasteiger partial charge >= 0.3 is 5.63 Å². The molecule has 3 rings (SSSR count). The average Bonchev–Trinajstić information content (AvgIpc) is 2.45. The molecular formula is C16H18O3S. The molecule has 0 radical (unpaired) electrons. The van der Waals surface area contributed by atoms with Gasteiger partial charge in [0.1, 0.15) is 11.3 Å². The van der Waals surface area contributed by atoms with Crippen molar-refractivity contribution < 1.29 is 9.52 Å². The highest BCUT2D eigenvalue weighted by Gasteiger charge is 2.15. The Hall–Kier alpha value is -1.42. The molecule has 4 heteroatoms. The summed E-state index contributed by atoms with van der Waals surface area (Å²) in [6.45, 7) is 0. The van der Waals surface area contributed by atoms with E-state index in [2.05, 4.69) is 0 Å². The Kier molecular flexibility index (Phi) is 4.01. The van der Waals surface area contributed by atoms with E-state index in [0.29, 0.717) is 10.8 Å². The summed E-state index contributed by atoms with van der Waals surface area (Å²) < 4.78 is 5.15. The van der Waals surface area contributed by atoms with Crippen LogP contribution < -0.4 is 5.63 Å². The van der Waals surface area contributed by atoms with Gasteiger partial charge in [0.05, 0.1) is 0 Å². The van der Waals surface area contributed by atoms with Crippen LogP contribution in [-0.2, 0) is 5.75 Å². The molecule has 0 bridgehead atoms. The number of phenolic OH excluding ortho intramolecular Hbond substituents is 1. The van der Waals surface area contributed by atoms with E-state index >= 15 is 0 Å². The topological polar surface area (TPSA) is 50.4 Å². The number of fused-ring (bicyclic) bond motifs is 1. The first-order valence-corrected chi connectivity index (χ1v) is 8.14. The zero-order chi connectivity index (χ0) is 13.9. The summed E-state index contributed by atoms with van der Waals surface area (Å²) in [7, 11) is 0. The van der Waals surface area contributed by atoms with Crippen LogP contribution in [0, 0.1) is 0 Å². The van der Waals surface area contributed by atoms with E-state index < -0.39 is 0 Å². The molecule has 1 aromatic heterocycles. The van der Waals surface area contributed by atoms with Crippen LogP contribution in [-0.4, -0.2) is 10.4 Å². The van der Waals surface area contributed by atoms with Crippen LogP contribution in [0.4, 0.5) is 0 Å². The minimum atomic E-state index is -0.345. The fraction of sp³-hybridized carbons (Fsp3) is 0.438. The van der Waals surface area contributed by atoms with Crippen LogP contribution >= 0.6 is 11.8 Å². The van der Waals surface area contributed by atoms with Crippen LogP contribution in [0.15, 0.2) is 33.5 Å². The molecule has 1 saturated carbocycles. The maximum Gasteiger partial charge on any atom is 0.336 e. The van der Waals surface area contributed by atoms with Gasteiger partial charge in [0.15, 0.2) is 0 Å². The molecule has 106 valence electrons. The minimum absolute atomic E-state index is 0.123. The van der Waals surface area contributed by atoms with Crippen molar-refractivity contribution in [3.63, 3.8) is 0 Å². The molecule has 0 atom stereocenters. The van der Waals surface area contributed by atoms with Gasteiger partial charge in [-0.25, -0.2) is 4.79 Å². The standard InChI is InChI=1S/C16H18O3S/c17-12-6-7-14-11(8-16(18)19-15(14)9-12)10-20-13-4-2-1-3-5-13/h6-9,13,17H,1-5,10H2. The first-order chi connectivity index (χ1) is 9.72. The second-order valence-electron chi connectivity index (χ2n) is 5.34. The van der Waals surface area contributed by atoms with Crippen molar-refractivity contribution in [3.05, 3.63) is 40.2 Å². The monoisotopic (exact) mass is 290 g/mol. The lowest BCUT2D eigenvalue weighted by atomic mass is 10.0. The second-order valence-corrected chi connectivity index (χ2v) is 6.63. The van der Waals surface area contributed by atoms with Crippen molar-refractivity contribution in [2.75, 3.05) is 0 Å². The van der Waals surface area contributed by atoms with Gasteiger partial charge in [-0.05, 0) is 30.5 Å². The summed E-state index contributed by atoms with van der Waals surface area (Å²) in [5, 5.41) is 11.1. The summed E-state index contributed by atoms with van der Waals surface area (Å²) >= 11 is 1.94. The van der Waals surface area contributed by atoms with Crippen molar-refractivity contribution >= 4 is 22.7 Å². The molecule has 1 aromatic carbocycles. The highest BCUT2D eigenvalue weighted by Crippen LogP contribution is 2.32. The molecule has 0 saturated heterocycles. The van der Waals surface area contributed by atoms with Crippen molar-refractivity contribution in [2.24, 2.45) is 0 Å².